The van der Waals surface area contributed by atoms with Crippen LogP contribution in [0.3, 0.4) is 0 Å². The van der Waals surface area contributed by atoms with Crippen molar-refractivity contribution < 1.29 is 4.74 Å². The first-order chi connectivity index (χ1) is 11.8. The van der Waals surface area contributed by atoms with Crippen molar-refractivity contribution in [2.24, 2.45) is 5.92 Å². The number of ether oxygens (including phenoxy) is 1. The van der Waals surface area contributed by atoms with E-state index in [1.54, 1.807) is 0 Å². The van der Waals surface area contributed by atoms with Crippen molar-refractivity contribution in [3.05, 3.63) is 36.7 Å². The van der Waals surface area contributed by atoms with Gasteiger partial charge in [0.2, 0.25) is 0 Å². The highest BCUT2D eigenvalue weighted by Gasteiger charge is 2.26. The smallest absolute Gasteiger partial charge is 0.184 e. The number of rotatable bonds is 4. The van der Waals surface area contributed by atoms with Crippen molar-refractivity contribution >= 4 is 17.0 Å². The van der Waals surface area contributed by atoms with Crippen LogP contribution in [0.2, 0.25) is 0 Å². The lowest BCUT2D eigenvalue weighted by molar-refractivity contribution is 0.173. The van der Waals surface area contributed by atoms with Crippen LogP contribution in [0.5, 0.6) is 5.75 Å². The maximum atomic E-state index is 5.93. The Labute approximate surface area is 139 Å². The zero-order valence-corrected chi connectivity index (χ0v) is 13.4. The second-order valence-corrected chi connectivity index (χ2v) is 6.28. The number of anilines is 1. The molecule has 7 heteroatoms. The second-order valence-electron chi connectivity index (χ2n) is 6.28. The Balaban J connectivity index is 1.47. The normalized spacial score (nSPS) is 21.0. The van der Waals surface area contributed by atoms with Gasteiger partial charge in [0.25, 0.3) is 0 Å². The van der Waals surface area contributed by atoms with E-state index in [9.17, 15) is 0 Å². The van der Waals surface area contributed by atoms with Crippen molar-refractivity contribution in [1.82, 2.24) is 25.0 Å². The Hall–Kier alpha value is -2.70. The maximum Gasteiger partial charge on any atom is 0.184 e. The van der Waals surface area contributed by atoms with Crippen molar-refractivity contribution in [2.75, 3.05) is 12.3 Å². The van der Waals surface area contributed by atoms with Crippen LogP contribution in [0.15, 0.2) is 36.7 Å². The van der Waals surface area contributed by atoms with Crippen LogP contribution in [0.4, 0.5) is 5.82 Å². The SMILES string of the molecule is Nc1ncnc2c1nnn2C1CCCC(COc2ccccc2)C1. The lowest BCUT2D eigenvalue weighted by Gasteiger charge is -2.29. The fourth-order valence-corrected chi connectivity index (χ4v) is 3.39. The highest BCUT2D eigenvalue weighted by Crippen LogP contribution is 2.34. The van der Waals surface area contributed by atoms with Crippen LogP contribution in [-0.2, 0) is 0 Å². The van der Waals surface area contributed by atoms with E-state index in [4.69, 9.17) is 10.5 Å². The molecule has 3 aromatic rings. The number of para-hydroxylation sites is 1. The standard InChI is InChI=1S/C17H20N6O/c18-16-15-17(20-11-19-16)23(22-21-15)13-6-4-5-12(9-13)10-24-14-7-2-1-3-8-14/h1-3,7-8,11-13H,4-6,9-10H2,(H2,18,19,20). The average molecular weight is 324 g/mol. The fourth-order valence-electron chi connectivity index (χ4n) is 3.39. The molecule has 0 bridgehead atoms. The molecule has 0 radical (unpaired) electrons. The molecule has 0 spiro atoms. The van der Waals surface area contributed by atoms with E-state index in [1.807, 2.05) is 35.0 Å². The van der Waals surface area contributed by atoms with E-state index in [0.717, 1.165) is 37.3 Å². The third-order valence-electron chi connectivity index (χ3n) is 4.62. The van der Waals surface area contributed by atoms with E-state index >= 15 is 0 Å². The van der Waals surface area contributed by atoms with E-state index in [1.165, 1.54) is 12.7 Å². The Morgan fingerprint density at radius 3 is 2.92 bits per heavy atom. The number of fused-ring (bicyclic) bond motifs is 1. The molecule has 0 amide bonds. The molecule has 2 atom stereocenters. The molecule has 1 fully saturated rings. The minimum atomic E-state index is 0.280. The average Bonchev–Trinajstić information content (AvgIpc) is 3.07. The van der Waals surface area contributed by atoms with Crippen molar-refractivity contribution in [3.8, 4) is 5.75 Å². The van der Waals surface area contributed by atoms with Gasteiger partial charge in [0.1, 0.15) is 12.1 Å². The van der Waals surface area contributed by atoms with E-state index in [2.05, 4.69) is 20.3 Å². The third-order valence-corrected chi connectivity index (χ3v) is 4.62. The molecule has 1 aliphatic rings. The molecule has 0 saturated heterocycles. The molecule has 24 heavy (non-hydrogen) atoms. The summed E-state index contributed by atoms with van der Waals surface area (Å²) >= 11 is 0. The number of nitrogens with two attached hydrogens (primary N) is 1. The van der Waals surface area contributed by atoms with Crippen molar-refractivity contribution in [1.29, 1.82) is 0 Å². The quantitative estimate of drug-likeness (QED) is 0.793. The molecule has 0 aliphatic heterocycles. The number of hydrogen-bond acceptors (Lipinski definition) is 6. The van der Waals surface area contributed by atoms with Gasteiger partial charge in [-0.15, -0.1) is 5.10 Å². The predicted octanol–water partition coefficient (Wildman–Crippen LogP) is 2.61. The zero-order chi connectivity index (χ0) is 16.4. The van der Waals surface area contributed by atoms with Gasteiger partial charge in [-0.25, -0.2) is 14.6 Å². The number of hydrogen-bond donors (Lipinski definition) is 1. The zero-order valence-electron chi connectivity index (χ0n) is 13.4. The minimum absolute atomic E-state index is 0.280. The van der Waals surface area contributed by atoms with Crippen LogP contribution in [0.1, 0.15) is 31.7 Å². The molecule has 2 heterocycles. The monoisotopic (exact) mass is 324 g/mol. The highest BCUT2D eigenvalue weighted by atomic mass is 16.5. The van der Waals surface area contributed by atoms with Gasteiger partial charge in [-0.2, -0.15) is 0 Å². The summed E-state index contributed by atoms with van der Waals surface area (Å²) in [5.41, 5.74) is 7.15. The van der Waals surface area contributed by atoms with Gasteiger partial charge in [0, 0.05) is 0 Å². The number of benzene rings is 1. The first-order valence-electron chi connectivity index (χ1n) is 8.30. The molecule has 1 aliphatic carbocycles. The number of aromatic nitrogens is 5. The third kappa shape index (κ3) is 2.89. The van der Waals surface area contributed by atoms with Gasteiger partial charge >= 0.3 is 0 Å². The van der Waals surface area contributed by atoms with Gasteiger partial charge in [-0.1, -0.05) is 29.8 Å². The van der Waals surface area contributed by atoms with Crippen LogP contribution < -0.4 is 10.5 Å². The summed E-state index contributed by atoms with van der Waals surface area (Å²) in [7, 11) is 0. The van der Waals surface area contributed by atoms with Crippen LogP contribution >= 0.6 is 0 Å². The number of nitrogen functional groups attached to an aromatic ring is 1. The lowest BCUT2D eigenvalue weighted by atomic mass is 9.86. The predicted molar refractivity (Wildman–Crippen MR) is 90.5 cm³/mol. The molecule has 1 saturated carbocycles. The maximum absolute atomic E-state index is 5.93. The topological polar surface area (TPSA) is 91.7 Å². The highest BCUT2D eigenvalue weighted by molar-refractivity contribution is 5.80. The summed E-state index contributed by atoms with van der Waals surface area (Å²) in [4.78, 5) is 8.29. The summed E-state index contributed by atoms with van der Waals surface area (Å²) in [5.74, 6) is 1.81. The molecular weight excluding hydrogens is 304 g/mol. The van der Waals surface area contributed by atoms with Gasteiger partial charge < -0.3 is 10.5 Å². The summed E-state index contributed by atoms with van der Waals surface area (Å²) < 4.78 is 7.83. The van der Waals surface area contributed by atoms with Crippen molar-refractivity contribution in [3.63, 3.8) is 0 Å². The van der Waals surface area contributed by atoms with Gasteiger partial charge in [0.15, 0.2) is 17.0 Å². The lowest BCUT2D eigenvalue weighted by Crippen LogP contribution is -2.24. The van der Waals surface area contributed by atoms with Gasteiger partial charge in [-0.3, -0.25) is 0 Å². The van der Waals surface area contributed by atoms with E-state index in [0.29, 0.717) is 17.3 Å². The molecule has 4 rings (SSSR count). The molecule has 7 nitrogen and oxygen atoms in total. The fraction of sp³-hybridized carbons (Fsp3) is 0.412. The van der Waals surface area contributed by atoms with Gasteiger partial charge in [-0.05, 0) is 37.3 Å². The van der Waals surface area contributed by atoms with E-state index < -0.39 is 0 Å². The summed E-state index contributed by atoms with van der Waals surface area (Å²) in [6.45, 7) is 0.726. The molecule has 124 valence electrons. The van der Waals surface area contributed by atoms with Crippen LogP contribution in [-0.4, -0.2) is 31.6 Å². The molecule has 2 unspecified atom stereocenters. The minimum Gasteiger partial charge on any atom is -0.493 e. The molecular formula is C17H20N6O. The Morgan fingerprint density at radius 1 is 1.17 bits per heavy atom. The Kier molecular flexibility index (Phi) is 3.98. The largest absolute Gasteiger partial charge is 0.493 e. The summed E-state index contributed by atoms with van der Waals surface area (Å²) in [5, 5.41) is 8.42. The Morgan fingerprint density at radius 2 is 2.04 bits per heavy atom. The first kappa shape index (κ1) is 14.9. The second kappa shape index (κ2) is 6.43. The Bertz CT molecular complexity index is 818. The molecule has 2 aromatic heterocycles. The van der Waals surface area contributed by atoms with Gasteiger partial charge in [0.05, 0.1) is 12.6 Å². The summed E-state index contributed by atoms with van der Waals surface area (Å²) in [6, 6.07) is 10.2. The first-order valence-corrected chi connectivity index (χ1v) is 8.30. The van der Waals surface area contributed by atoms with Crippen LogP contribution in [0.25, 0.3) is 11.2 Å². The summed E-state index contributed by atoms with van der Waals surface area (Å²) in [6.07, 6.45) is 5.87. The number of nitrogens with zero attached hydrogens (tertiary/aromatic N) is 5. The van der Waals surface area contributed by atoms with Crippen LogP contribution in [0, 0.1) is 5.92 Å². The van der Waals surface area contributed by atoms with E-state index in [-0.39, 0.29) is 6.04 Å². The van der Waals surface area contributed by atoms with Crippen molar-refractivity contribution in [2.45, 2.75) is 31.7 Å². The molecule has 2 N–H and O–H groups in total. The molecule has 1 aromatic carbocycles.